The van der Waals surface area contributed by atoms with Gasteiger partial charge in [-0.2, -0.15) is 0 Å². The highest BCUT2D eigenvalue weighted by atomic mass is 32.2. The molecular weight excluding hydrogens is 100 g/mol. The van der Waals surface area contributed by atoms with Crippen molar-refractivity contribution in [2.75, 3.05) is 0 Å². The summed E-state index contributed by atoms with van der Waals surface area (Å²) in [5, 5.41) is 8.16. The lowest BCUT2D eigenvalue weighted by molar-refractivity contribution is 0.222. The minimum absolute atomic E-state index is 0.667. The number of thioether (sulfide) groups is 1. The maximum Gasteiger partial charge on any atom is 0.369 e. The molecule has 0 rings (SSSR count). The first-order chi connectivity index (χ1) is 2.77. The average molecular weight is 104 g/mol. The van der Waals surface area contributed by atoms with Crippen molar-refractivity contribution in [2.24, 2.45) is 0 Å². The second-order valence-electron chi connectivity index (χ2n) is 0.550. The van der Waals surface area contributed by atoms with E-state index in [4.69, 9.17) is 5.11 Å². The van der Waals surface area contributed by atoms with Crippen LogP contribution in [0.3, 0.4) is 0 Å². The summed E-state index contributed by atoms with van der Waals surface area (Å²) in [6, 6.07) is 0. The van der Waals surface area contributed by atoms with Gasteiger partial charge in [-0.3, -0.25) is 0 Å². The summed E-state index contributed by atoms with van der Waals surface area (Å²) in [4.78, 5) is 9.49. The van der Waals surface area contributed by atoms with Crippen LogP contribution in [0, 0.1) is 0 Å². The van der Waals surface area contributed by atoms with Gasteiger partial charge in [-0.1, -0.05) is 6.58 Å². The van der Waals surface area contributed by atoms with Crippen LogP contribution in [-0.2, 0) is 0 Å². The highest BCUT2D eigenvalue weighted by Crippen LogP contribution is 1.98. The summed E-state index contributed by atoms with van der Waals surface area (Å²) in [5.41, 5.74) is 0. The maximum atomic E-state index is 9.49. The Balaban J connectivity index is 3.05. The smallest absolute Gasteiger partial charge is 0.369 e. The minimum atomic E-state index is -0.912. The van der Waals surface area contributed by atoms with E-state index in [2.05, 4.69) is 6.58 Å². The van der Waals surface area contributed by atoms with Crippen molar-refractivity contribution in [3.05, 3.63) is 12.0 Å². The van der Waals surface area contributed by atoms with Crippen LogP contribution in [0.5, 0.6) is 0 Å². The zero-order valence-corrected chi connectivity index (χ0v) is 3.86. The van der Waals surface area contributed by atoms with Crippen molar-refractivity contribution in [1.29, 1.82) is 0 Å². The first kappa shape index (κ1) is 5.56. The molecule has 0 bridgehead atoms. The van der Waals surface area contributed by atoms with Crippen molar-refractivity contribution in [1.82, 2.24) is 0 Å². The third-order valence-electron chi connectivity index (χ3n) is 0.184. The predicted octanol–water partition coefficient (Wildman–Crippen LogP) is 1.54. The van der Waals surface area contributed by atoms with Crippen molar-refractivity contribution < 1.29 is 9.90 Å². The number of carbonyl (C=O) groups is 1. The average Bonchev–Trinajstić information content (AvgIpc) is 1.35. The van der Waals surface area contributed by atoms with Gasteiger partial charge in [0.2, 0.25) is 0 Å². The molecule has 0 spiro atoms. The monoisotopic (exact) mass is 104 g/mol. The summed E-state index contributed by atoms with van der Waals surface area (Å²) in [6.45, 7) is 3.18. The van der Waals surface area contributed by atoms with E-state index in [9.17, 15) is 4.79 Å². The summed E-state index contributed by atoms with van der Waals surface area (Å²) < 4.78 is 0. The predicted molar refractivity (Wildman–Crippen MR) is 25.8 cm³/mol. The molecular formula is C3H4O2S. The third-order valence-corrected chi connectivity index (χ3v) is 0.552. The summed E-state index contributed by atoms with van der Waals surface area (Å²) in [7, 11) is 0. The van der Waals surface area contributed by atoms with Crippen LogP contribution in [0.15, 0.2) is 12.0 Å². The van der Waals surface area contributed by atoms with Crippen LogP contribution in [0.25, 0.3) is 0 Å². The van der Waals surface area contributed by atoms with Crippen molar-refractivity contribution in [2.45, 2.75) is 0 Å². The summed E-state index contributed by atoms with van der Waals surface area (Å²) in [5.74, 6) is 0. The minimum Gasteiger partial charge on any atom is -0.473 e. The second-order valence-corrected chi connectivity index (χ2v) is 1.47. The van der Waals surface area contributed by atoms with Crippen LogP contribution >= 0.6 is 11.8 Å². The van der Waals surface area contributed by atoms with Gasteiger partial charge in [-0.25, -0.2) is 4.79 Å². The molecule has 0 aliphatic rings. The van der Waals surface area contributed by atoms with E-state index in [1.54, 1.807) is 0 Å². The van der Waals surface area contributed by atoms with Gasteiger partial charge >= 0.3 is 5.30 Å². The molecule has 0 unspecified atom stereocenters. The number of hydrogen-bond donors (Lipinski definition) is 1. The molecule has 0 aromatic rings. The Morgan fingerprint density at radius 3 is 2.50 bits per heavy atom. The third kappa shape index (κ3) is 3.56. The molecule has 0 saturated heterocycles. The fraction of sp³-hybridized carbons (Fsp3) is 0. The van der Waals surface area contributed by atoms with Gasteiger partial charge in [0, 0.05) is 0 Å². The lowest BCUT2D eigenvalue weighted by Gasteiger charge is -1.74. The summed E-state index contributed by atoms with van der Waals surface area (Å²) in [6.07, 6.45) is 0. The van der Waals surface area contributed by atoms with Crippen LogP contribution in [0.1, 0.15) is 0 Å². The molecule has 0 atom stereocenters. The molecule has 0 aromatic carbocycles. The molecule has 1 N–H and O–H groups in total. The highest BCUT2D eigenvalue weighted by Gasteiger charge is 1.85. The molecule has 0 aliphatic heterocycles. The SMILES string of the molecule is C=CSC(=O)O. The highest BCUT2D eigenvalue weighted by molar-refractivity contribution is 8.15. The van der Waals surface area contributed by atoms with E-state index in [1.165, 1.54) is 5.41 Å². The molecule has 0 aliphatic carbocycles. The fourth-order valence-electron chi connectivity index (χ4n) is 0.0713. The van der Waals surface area contributed by atoms with Gasteiger partial charge in [0.1, 0.15) is 0 Å². The molecule has 6 heavy (non-hydrogen) atoms. The zero-order valence-electron chi connectivity index (χ0n) is 3.05. The number of carboxylic acid groups (broad SMARTS) is 1. The molecule has 3 heteroatoms. The standard InChI is InChI=1S/C3H4O2S/c1-2-6-3(4)5/h2H,1H2,(H,4,5). The molecule has 0 amide bonds. The first-order valence-corrected chi connectivity index (χ1v) is 2.16. The topological polar surface area (TPSA) is 37.3 Å². The number of rotatable bonds is 1. The van der Waals surface area contributed by atoms with Gasteiger partial charge in [0.05, 0.1) is 0 Å². The molecule has 0 radical (unpaired) electrons. The normalized spacial score (nSPS) is 7.33. The Bertz CT molecular complexity index is 69.2. The van der Waals surface area contributed by atoms with Gasteiger partial charge < -0.3 is 5.11 Å². The first-order valence-electron chi connectivity index (χ1n) is 1.28. The molecule has 0 saturated carbocycles. The molecule has 0 fully saturated rings. The lowest BCUT2D eigenvalue weighted by Crippen LogP contribution is -1.75. The Labute approximate surface area is 39.9 Å². The fourth-order valence-corrected chi connectivity index (χ4v) is 0.214. The Hall–Kier alpha value is -0.440. The molecule has 2 nitrogen and oxygen atoms in total. The van der Waals surface area contributed by atoms with Crippen LogP contribution in [0.4, 0.5) is 4.79 Å². The van der Waals surface area contributed by atoms with Crippen LogP contribution in [0.2, 0.25) is 0 Å². The Kier molecular flexibility index (Phi) is 2.58. The zero-order chi connectivity index (χ0) is 4.99. The number of hydrogen-bond acceptors (Lipinski definition) is 2. The van der Waals surface area contributed by atoms with Gasteiger partial charge in [-0.15, -0.1) is 0 Å². The van der Waals surface area contributed by atoms with E-state index in [-0.39, 0.29) is 0 Å². The van der Waals surface area contributed by atoms with E-state index < -0.39 is 5.30 Å². The Morgan fingerprint density at radius 2 is 2.50 bits per heavy atom. The largest absolute Gasteiger partial charge is 0.473 e. The van der Waals surface area contributed by atoms with Gasteiger partial charge in [-0.05, 0) is 17.2 Å². The van der Waals surface area contributed by atoms with Crippen LogP contribution < -0.4 is 0 Å². The van der Waals surface area contributed by atoms with E-state index in [0.29, 0.717) is 11.8 Å². The van der Waals surface area contributed by atoms with E-state index >= 15 is 0 Å². The van der Waals surface area contributed by atoms with E-state index in [1.807, 2.05) is 0 Å². The Morgan fingerprint density at radius 1 is 2.00 bits per heavy atom. The maximum absolute atomic E-state index is 9.49. The molecule has 0 heterocycles. The quantitative estimate of drug-likeness (QED) is 0.548. The van der Waals surface area contributed by atoms with Crippen molar-refractivity contribution in [3.63, 3.8) is 0 Å². The van der Waals surface area contributed by atoms with Gasteiger partial charge in [0.25, 0.3) is 0 Å². The van der Waals surface area contributed by atoms with E-state index in [0.717, 1.165) is 0 Å². The van der Waals surface area contributed by atoms with Gasteiger partial charge in [0.15, 0.2) is 0 Å². The van der Waals surface area contributed by atoms with Crippen molar-refractivity contribution >= 4 is 17.1 Å². The molecule has 34 valence electrons. The van der Waals surface area contributed by atoms with Crippen LogP contribution in [-0.4, -0.2) is 10.4 Å². The molecule has 0 aromatic heterocycles. The second kappa shape index (κ2) is 2.78. The van der Waals surface area contributed by atoms with Crippen molar-refractivity contribution in [3.8, 4) is 0 Å². The lowest BCUT2D eigenvalue weighted by atomic mass is 11.3. The summed E-state index contributed by atoms with van der Waals surface area (Å²) >= 11 is 0.667.